The normalized spacial score (nSPS) is 15.0. The van der Waals surface area contributed by atoms with E-state index < -0.39 is 5.69 Å². The first kappa shape index (κ1) is 24.7. The number of ether oxygens (including phenoxy) is 1. The number of aliphatic imine (C=N–C) groups is 1. The summed E-state index contributed by atoms with van der Waals surface area (Å²) < 4.78 is 9.17. The molecule has 1 aliphatic heterocycles. The molecular formula is C28H33N3O4. The van der Waals surface area contributed by atoms with Crippen molar-refractivity contribution in [1.82, 2.24) is 9.13 Å². The molecule has 35 heavy (non-hydrogen) atoms. The number of rotatable bonds is 8. The second kappa shape index (κ2) is 10.9. The van der Waals surface area contributed by atoms with Crippen LogP contribution in [-0.4, -0.2) is 26.7 Å². The summed E-state index contributed by atoms with van der Waals surface area (Å²) in [5, 5.41) is 9.25. The van der Waals surface area contributed by atoms with Crippen LogP contribution in [0.5, 0.6) is 5.75 Å². The molecule has 0 radical (unpaired) electrons. The molecule has 1 aromatic heterocycles. The van der Waals surface area contributed by atoms with Gasteiger partial charge in [0.1, 0.15) is 11.6 Å². The van der Waals surface area contributed by atoms with Gasteiger partial charge in [0.25, 0.3) is 5.56 Å². The lowest BCUT2D eigenvalue weighted by molar-refractivity contribution is 0.277. The van der Waals surface area contributed by atoms with Crippen LogP contribution in [0.25, 0.3) is 0 Å². The van der Waals surface area contributed by atoms with Crippen LogP contribution in [0.2, 0.25) is 0 Å². The highest BCUT2D eigenvalue weighted by atomic mass is 16.5. The third kappa shape index (κ3) is 5.15. The van der Waals surface area contributed by atoms with Gasteiger partial charge in [-0.05, 0) is 56.7 Å². The second-order valence-electron chi connectivity index (χ2n) is 8.97. The molecule has 1 aliphatic rings. The Morgan fingerprint density at radius 3 is 2.49 bits per heavy atom. The summed E-state index contributed by atoms with van der Waals surface area (Å²) in [4.78, 5) is 31.3. The summed E-state index contributed by atoms with van der Waals surface area (Å²) in [7, 11) is 0. The summed E-state index contributed by atoms with van der Waals surface area (Å²) in [6.45, 7) is 6.47. The van der Waals surface area contributed by atoms with Crippen LogP contribution in [0.15, 0.2) is 63.1 Å². The maximum absolute atomic E-state index is 13.4. The van der Waals surface area contributed by atoms with Gasteiger partial charge < -0.3 is 9.84 Å². The minimum atomic E-state index is -0.404. The number of para-hydroxylation sites is 1. The van der Waals surface area contributed by atoms with Crippen LogP contribution in [0.1, 0.15) is 42.5 Å². The van der Waals surface area contributed by atoms with E-state index >= 15 is 0 Å². The van der Waals surface area contributed by atoms with E-state index in [-0.39, 0.29) is 24.6 Å². The second-order valence-corrected chi connectivity index (χ2v) is 8.97. The average Bonchev–Trinajstić information content (AvgIpc) is 2.87. The maximum atomic E-state index is 13.4. The minimum absolute atomic E-state index is 0.0852. The number of aliphatic hydroxyl groups is 1. The van der Waals surface area contributed by atoms with Gasteiger partial charge in [0.2, 0.25) is 0 Å². The van der Waals surface area contributed by atoms with Gasteiger partial charge in [0.05, 0.1) is 5.56 Å². The summed E-state index contributed by atoms with van der Waals surface area (Å²) in [6, 6.07) is 16.2. The van der Waals surface area contributed by atoms with Crippen LogP contribution < -0.4 is 16.0 Å². The zero-order valence-electron chi connectivity index (χ0n) is 20.7. The monoisotopic (exact) mass is 475 g/mol. The molecule has 3 aromatic rings. The number of aromatic nitrogens is 2. The first-order valence-electron chi connectivity index (χ1n) is 12.3. The van der Waals surface area contributed by atoms with Crippen LogP contribution >= 0.6 is 0 Å². The Balaban J connectivity index is 1.84. The number of aryl methyl sites for hydroxylation is 2. The lowest BCUT2D eigenvalue weighted by Gasteiger charge is -2.27. The number of nitrogens with zero attached hydrogens (tertiary/aromatic N) is 3. The molecule has 0 fully saturated rings. The summed E-state index contributed by atoms with van der Waals surface area (Å²) in [5.41, 5.74) is 3.18. The lowest BCUT2D eigenvalue weighted by atomic mass is 9.90. The summed E-state index contributed by atoms with van der Waals surface area (Å²) >= 11 is 0. The van der Waals surface area contributed by atoms with Gasteiger partial charge >= 0.3 is 5.69 Å². The van der Waals surface area contributed by atoms with E-state index in [9.17, 15) is 14.7 Å². The Labute approximate surface area is 205 Å². The Bertz CT molecular complexity index is 1340. The molecule has 0 aliphatic carbocycles. The standard InChI is InChI=1S/C28H33N3O4/c1-4-21-9-6-7-10-24(21)35-26-22(17-20-13-11-19(3)12-14-20)18-23-25(29-26)30(5-2)28(34)31(27(23)33)15-8-16-32/h6-7,9-14,22,32H,4-5,8,15-18H2,1-3H3. The van der Waals surface area contributed by atoms with Crippen molar-refractivity contribution in [3.8, 4) is 5.75 Å². The molecule has 0 bridgehead atoms. The van der Waals surface area contributed by atoms with Crippen molar-refractivity contribution in [2.45, 2.75) is 59.5 Å². The van der Waals surface area contributed by atoms with Crippen molar-refractivity contribution in [2.75, 3.05) is 6.61 Å². The maximum Gasteiger partial charge on any atom is 0.332 e. The third-order valence-corrected chi connectivity index (χ3v) is 6.53. The first-order chi connectivity index (χ1) is 17.0. The Kier molecular flexibility index (Phi) is 7.66. The van der Waals surface area contributed by atoms with Gasteiger partial charge in [-0.3, -0.25) is 13.9 Å². The molecular weight excluding hydrogens is 442 g/mol. The molecule has 7 nitrogen and oxygen atoms in total. The van der Waals surface area contributed by atoms with Gasteiger partial charge in [-0.15, -0.1) is 0 Å². The van der Waals surface area contributed by atoms with E-state index in [0.29, 0.717) is 43.1 Å². The summed E-state index contributed by atoms with van der Waals surface area (Å²) in [6.07, 6.45) is 2.25. The largest absolute Gasteiger partial charge is 0.442 e. The van der Waals surface area contributed by atoms with Gasteiger partial charge in [0, 0.05) is 25.6 Å². The van der Waals surface area contributed by atoms with E-state index in [2.05, 4.69) is 38.1 Å². The van der Waals surface area contributed by atoms with Gasteiger partial charge in [-0.2, -0.15) is 4.99 Å². The molecule has 0 spiro atoms. The SMILES string of the molecule is CCc1ccccc1OC1=Nc2c(c(=O)n(CCCO)c(=O)n2CC)CC1Cc1ccc(C)cc1. The molecule has 2 aromatic carbocycles. The third-order valence-electron chi connectivity index (χ3n) is 6.53. The topological polar surface area (TPSA) is 85.8 Å². The van der Waals surface area contributed by atoms with Crippen LogP contribution in [0, 0.1) is 12.8 Å². The van der Waals surface area contributed by atoms with E-state index in [1.165, 1.54) is 14.7 Å². The van der Waals surface area contributed by atoms with Crippen molar-refractivity contribution in [1.29, 1.82) is 0 Å². The van der Waals surface area contributed by atoms with Gasteiger partial charge in [-0.1, -0.05) is 55.0 Å². The first-order valence-corrected chi connectivity index (χ1v) is 12.3. The molecule has 1 atom stereocenters. The highest BCUT2D eigenvalue weighted by molar-refractivity contribution is 5.86. The van der Waals surface area contributed by atoms with Gasteiger partial charge in [0.15, 0.2) is 5.90 Å². The fourth-order valence-electron chi connectivity index (χ4n) is 4.57. The van der Waals surface area contributed by atoms with Crippen LogP contribution in [-0.2, 0) is 32.4 Å². The zero-order chi connectivity index (χ0) is 24.9. The highest BCUT2D eigenvalue weighted by Gasteiger charge is 2.31. The molecule has 0 saturated carbocycles. The Morgan fingerprint density at radius 1 is 1.06 bits per heavy atom. The molecule has 0 saturated heterocycles. The lowest BCUT2D eigenvalue weighted by Crippen LogP contribution is -2.44. The van der Waals surface area contributed by atoms with Crippen LogP contribution in [0.4, 0.5) is 5.82 Å². The number of fused-ring (bicyclic) bond motifs is 1. The Morgan fingerprint density at radius 2 is 1.80 bits per heavy atom. The van der Waals surface area contributed by atoms with Crippen LogP contribution in [0.3, 0.4) is 0 Å². The number of hydrogen-bond donors (Lipinski definition) is 1. The van der Waals surface area contributed by atoms with E-state index in [0.717, 1.165) is 23.3 Å². The number of aliphatic hydroxyl groups excluding tert-OH is 1. The molecule has 2 heterocycles. The predicted molar refractivity (Wildman–Crippen MR) is 138 cm³/mol. The fourth-order valence-corrected chi connectivity index (χ4v) is 4.57. The molecule has 7 heteroatoms. The predicted octanol–water partition coefficient (Wildman–Crippen LogP) is 3.81. The zero-order valence-corrected chi connectivity index (χ0v) is 20.7. The molecule has 184 valence electrons. The van der Waals surface area contributed by atoms with E-state index in [1.807, 2.05) is 31.2 Å². The smallest absolute Gasteiger partial charge is 0.332 e. The fraction of sp³-hybridized carbons (Fsp3) is 0.393. The molecule has 1 N–H and O–H groups in total. The van der Waals surface area contributed by atoms with E-state index in [4.69, 9.17) is 9.73 Å². The highest BCUT2D eigenvalue weighted by Crippen LogP contribution is 2.30. The molecule has 0 amide bonds. The quantitative estimate of drug-likeness (QED) is 0.537. The van der Waals surface area contributed by atoms with Crippen molar-refractivity contribution >= 4 is 11.7 Å². The summed E-state index contributed by atoms with van der Waals surface area (Å²) in [5.74, 6) is 1.49. The number of hydrogen-bond acceptors (Lipinski definition) is 5. The Hall–Kier alpha value is -3.45. The van der Waals surface area contributed by atoms with Gasteiger partial charge in [-0.25, -0.2) is 4.79 Å². The van der Waals surface area contributed by atoms with Crippen molar-refractivity contribution in [2.24, 2.45) is 10.9 Å². The molecule has 1 unspecified atom stereocenters. The molecule has 4 rings (SSSR count). The van der Waals surface area contributed by atoms with Crippen molar-refractivity contribution in [3.63, 3.8) is 0 Å². The minimum Gasteiger partial charge on any atom is -0.442 e. The van der Waals surface area contributed by atoms with E-state index in [1.54, 1.807) is 0 Å². The average molecular weight is 476 g/mol. The number of benzene rings is 2. The van der Waals surface area contributed by atoms with Crippen molar-refractivity contribution in [3.05, 3.63) is 91.6 Å². The van der Waals surface area contributed by atoms with Crippen molar-refractivity contribution < 1.29 is 9.84 Å².